The smallest absolute Gasteiger partial charge is 0.116 e. The zero-order valence-corrected chi connectivity index (χ0v) is 22.0. The second-order valence-corrected chi connectivity index (χ2v) is 12.2. The zero-order chi connectivity index (χ0) is 25.0. The van der Waals surface area contributed by atoms with Crippen LogP contribution in [-0.4, -0.2) is 14.3 Å². The molecule has 4 aromatic rings. The van der Waals surface area contributed by atoms with Gasteiger partial charge in [-0.1, -0.05) is 105 Å². The molecule has 0 spiro atoms. The minimum absolute atomic E-state index is 0.0463. The molecule has 0 aliphatic heterocycles. The fraction of sp³-hybridized carbons (Fsp3) is 0.200. The van der Waals surface area contributed by atoms with Crippen LogP contribution < -0.4 is 0 Å². The van der Waals surface area contributed by atoms with Crippen LogP contribution >= 0.6 is 11.8 Å². The molecule has 4 rings (SSSR count). The van der Waals surface area contributed by atoms with Crippen LogP contribution in [0, 0.1) is 18.3 Å². The van der Waals surface area contributed by atoms with Crippen molar-refractivity contribution in [1.29, 1.82) is 5.26 Å². The van der Waals surface area contributed by atoms with Crippen molar-refractivity contribution in [2.24, 2.45) is 0 Å². The van der Waals surface area contributed by atoms with Crippen molar-refractivity contribution >= 4 is 22.6 Å². The number of pyridine rings is 1. The lowest BCUT2D eigenvalue weighted by Crippen LogP contribution is -2.10. The predicted molar refractivity (Wildman–Crippen MR) is 147 cm³/mol. The van der Waals surface area contributed by atoms with Gasteiger partial charge in [0.1, 0.15) is 11.1 Å². The summed E-state index contributed by atoms with van der Waals surface area (Å²) in [6.07, 6.45) is 0. The SMILES string of the molecule is Cc1ccc(-c2cc(-c3ccccc3)c(C#N)c(SCS(=O)c3ccc(C(C)(C)C)cc3)n2)cc1. The van der Waals surface area contributed by atoms with E-state index >= 15 is 0 Å². The van der Waals surface area contributed by atoms with Crippen LogP contribution in [0.1, 0.15) is 37.5 Å². The summed E-state index contributed by atoms with van der Waals surface area (Å²) in [6, 6.07) is 30.4. The van der Waals surface area contributed by atoms with Crippen LogP contribution in [0.3, 0.4) is 0 Å². The van der Waals surface area contributed by atoms with E-state index in [9.17, 15) is 9.47 Å². The lowest BCUT2D eigenvalue weighted by Gasteiger charge is -2.19. The molecule has 1 aromatic heterocycles. The first kappa shape index (κ1) is 24.9. The van der Waals surface area contributed by atoms with Gasteiger partial charge in [0.05, 0.1) is 27.1 Å². The summed E-state index contributed by atoms with van der Waals surface area (Å²) in [7, 11) is -1.22. The van der Waals surface area contributed by atoms with Crippen molar-refractivity contribution in [1.82, 2.24) is 4.98 Å². The number of nitriles is 1. The molecule has 0 amide bonds. The van der Waals surface area contributed by atoms with Crippen LogP contribution in [-0.2, 0) is 16.2 Å². The second kappa shape index (κ2) is 10.6. The highest BCUT2D eigenvalue weighted by molar-refractivity contribution is 8.10. The molecule has 1 unspecified atom stereocenters. The van der Waals surface area contributed by atoms with E-state index in [0.29, 0.717) is 15.7 Å². The molecular formula is C30H28N2OS2. The van der Waals surface area contributed by atoms with E-state index in [-0.39, 0.29) is 5.41 Å². The maximum atomic E-state index is 13.1. The minimum atomic E-state index is -1.22. The predicted octanol–water partition coefficient (Wildman–Crippen LogP) is 7.75. The first-order chi connectivity index (χ1) is 16.8. The highest BCUT2D eigenvalue weighted by atomic mass is 32.2. The highest BCUT2D eigenvalue weighted by Crippen LogP contribution is 2.35. The molecule has 0 fully saturated rings. The Bertz CT molecular complexity index is 1380. The summed E-state index contributed by atoms with van der Waals surface area (Å²) >= 11 is 1.37. The van der Waals surface area contributed by atoms with Gasteiger partial charge in [-0.05, 0) is 41.7 Å². The Balaban J connectivity index is 1.69. The standard InChI is InChI=1S/C30H28N2OS2/c1-21-10-12-23(13-11-21)28-18-26(22-8-6-5-7-9-22)27(19-31)29(32-28)34-20-35(33)25-16-14-24(15-17-25)30(2,3)4/h5-18H,20H2,1-4H3. The molecule has 0 aliphatic carbocycles. The third kappa shape index (κ3) is 5.90. The number of benzene rings is 3. The number of thioether (sulfide) groups is 1. The van der Waals surface area contributed by atoms with Crippen molar-refractivity contribution in [2.75, 3.05) is 5.08 Å². The largest absolute Gasteiger partial charge is 0.253 e. The average molecular weight is 497 g/mol. The number of aryl methyl sites for hydroxylation is 1. The molecule has 1 atom stereocenters. The molecule has 0 N–H and O–H groups in total. The van der Waals surface area contributed by atoms with Crippen LogP contribution in [0.4, 0.5) is 0 Å². The molecule has 176 valence electrons. The molecule has 1 heterocycles. The van der Waals surface area contributed by atoms with Crippen LogP contribution in [0.2, 0.25) is 0 Å². The van der Waals surface area contributed by atoms with Crippen molar-refractivity contribution in [3.8, 4) is 28.5 Å². The van der Waals surface area contributed by atoms with Crippen LogP contribution in [0.5, 0.6) is 0 Å². The second-order valence-electron chi connectivity index (χ2n) is 9.46. The van der Waals surface area contributed by atoms with Gasteiger partial charge >= 0.3 is 0 Å². The van der Waals surface area contributed by atoms with Gasteiger partial charge in [0.25, 0.3) is 0 Å². The Kier molecular flexibility index (Phi) is 7.54. The normalized spacial score (nSPS) is 12.2. The van der Waals surface area contributed by atoms with Crippen molar-refractivity contribution in [3.63, 3.8) is 0 Å². The van der Waals surface area contributed by atoms with Crippen molar-refractivity contribution < 1.29 is 4.21 Å². The molecule has 5 heteroatoms. The third-order valence-corrected chi connectivity index (χ3v) is 8.51. The fourth-order valence-corrected chi connectivity index (χ4v) is 6.06. The quantitative estimate of drug-likeness (QED) is 0.256. The number of aromatic nitrogens is 1. The van der Waals surface area contributed by atoms with E-state index in [0.717, 1.165) is 27.3 Å². The van der Waals surface area contributed by atoms with E-state index in [4.69, 9.17) is 4.98 Å². The molecule has 0 aliphatic rings. The highest BCUT2D eigenvalue weighted by Gasteiger charge is 2.18. The maximum Gasteiger partial charge on any atom is 0.116 e. The number of nitrogens with zero attached hydrogens (tertiary/aromatic N) is 2. The average Bonchev–Trinajstić information content (AvgIpc) is 2.87. The van der Waals surface area contributed by atoms with E-state index in [1.165, 1.54) is 22.9 Å². The molecular weight excluding hydrogens is 468 g/mol. The van der Waals surface area contributed by atoms with Gasteiger partial charge in [-0.3, -0.25) is 4.21 Å². The third-order valence-electron chi connectivity index (χ3n) is 5.82. The summed E-state index contributed by atoms with van der Waals surface area (Å²) in [5, 5.41) is 11.0. The van der Waals surface area contributed by atoms with E-state index in [1.807, 2.05) is 72.8 Å². The van der Waals surface area contributed by atoms with Gasteiger partial charge in [0, 0.05) is 16.0 Å². The molecule has 0 bridgehead atoms. The summed E-state index contributed by atoms with van der Waals surface area (Å²) in [5.74, 6) is 0. The Morgan fingerprint density at radius 3 is 2.17 bits per heavy atom. The summed E-state index contributed by atoms with van der Waals surface area (Å²) < 4.78 is 13.1. The Hall–Kier alpha value is -3.20. The van der Waals surface area contributed by atoms with E-state index in [2.05, 4.69) is 45.9 Å². The Morgan fingerprint density at radius 2 is 1.57 bits per heavy atom. The fourth-order valence-electron chi connectivity index (χ4n) is 3.74. The van der Waals surface area contributed by atoms with Gasteiger partial charge < -0.3 is 0 Å². The molecule has 0 radical (unpaired) electrons. The van der Waals surface area contributed by atoms with Gasteiger partial charge in [-0.15, -0.1) is 0 Å². The van der Waals surface area contributed by atoms with E-state index in [1.54, 1.807) is 0 Å². The number of hydrogen-bond donors (Lipinski definition) is 0. The van der Waals surface area contributed by atoms with Crippen molar-refractivity contribution in [3.05, 3.63) is 102 Å². The van der Waals surface area contributed by atoms with Crippen molar-refractivity contribution in [2.45, 2.75) is 43.0 Å². The molecule has 3 nitrogen and oxygen atoms in total. The minimum Gasteiger partial charge on any atom is -0.253 e. The molecule has 3 aromatic carbocycles. The summed E-state index contributed by atoms with van der Waals surface area (Å²) in [6.45, 7) is 8.54. The Morgan fingerprint density at radius 1 is 0.914 bits per heavy atom. The summed E-state index contributed by atoms with van der Waals surface area (Å²) in [4.78, 5) is 5.63. The topological polar surface area (TPSA) is 53.8 Å². The lowest BCUT2D eigenvalue weighted by atomic mass is 9.87. The number of rotatable bonds is 6. The molecule has 0 saturated carbocycles. The van der Waals surface area contributed by atoms with Gasteiger partial charge in [-0.25, -0.2) is 4.98 Å². The first-order valence-corrected chi connectivity index (χ1v) is 13.8. The first-order valence-electron chi connectivity index (χ1n) is 11.5. The summed E-state index contributed by atoms with van der Waals surface area (Å²) in [5.41, 5.74) is 6.51. The van der Waals surface area contributed by atoms with Gasteiger partial charge in [-0.2, -0.15) is 5.26 Å². The molecule has 35 heavy (non-hydrogen) atoms. The van der Waals surface area contributed by atoms with Crippen LogP contribution in [0.25, 0.3) is 22.4 Å². The monoisotopic (exact) mass is 496 g/mol. The molecule has 0 saturated heterocycles. The Labute approximate surface area is 214 Å². The number of hydrogen-bond acceptors (Lipinski definition) is 4. The zero-order valence-electron chi connectivity index (χ0n) is 20.4. The van der Waals surface area contributed by atoms with E-state index < -0.39 is 10.8 Å². The van der Waals surface area contributed by atoms with Crippen LogP contribution in [0.15, 0.2) is 94.9 Å². The lowest BCUT2D eigenvalue weighted by molar-refractivity contribution is 0.589. The maximum absolute atomic E-state index is 13.1. The van der Waals surface area contributed by atoms with Gasteiger partial charge in [0.2, 0.25) is 0 Å². The van der Waals surface area contributed by atoms with Gasteiger partial charge in [0.15, 0.2) is 0 Å².